The van der Waals surface area contributed by atoms with E-state index in [0.29, 0.717) is 11.6 Å². The van der Waals surface area contributed by atoms with Gasteiger partial charge in [-0.25, -0.2) is 0 Å². The first-order chi connectivity index (χ1) is 8.30. The summed E-state index contributed by atoms with van der Waals surface area (Å²) >= 11 is 5.77. The van der Waals surface area contributed by atoms with Crippen molar-refractivity contribution >= 4 is 22.4 Å². The smallest absolute Gasteiger partial charge is 0.161 e. The molecule has 2 rings (SSSR count). The van der Waals surface area contributed by atoms with E-state index in [1.807, 2.05) is 18.2 Å². The summed E-state index contributed by atoms with van der Waals surface area (Å²) in [7, 11) is 3.26. The number of alkyl halides is 1. The number of ether oxygens (including phenoxy) is 2. The molecule has 0 unspecified atom stereocenters. The molecule has 17 heavy (non-hydrogen) atoms. The van der Waals surface area contributed by atoms with Crippen LogP contribution in [0.1, 0.15) is 5.69 Å². The Morgan fingerprint density at radius 1 is 1.18 bits per heavy atom. The SMILES string of the molecule is COc1cc2ccnc(CCCl)c2cc1OC. The Hall–Kier alpha value is -1.48. The van der Waals surface area contributed by atoms with Gasteiger partial charge in [-0.3, -0.25) is 4.98 Å². The van der Waals surface area contributed by atoms with Gasteiger partial charge >= 0.3 is 0 Å². The third-order valence-corrected chi connectivity index (χ3v) is 2.87. The van der Waals surface area contributed by atoms with E-state index in [-0.39, 0.29) is 0 Å². The lowest BCUT2D eigenvalue weighted by atomic mass is 10.1. The van der Waals surface area contributed by atoms with Crippen molar-refractivity contribution in [3.63, 3.8) is 0 Å². The fourth-order valence-corrected chi connectivity index (χ4v) is 2.03. The van der Waals surface area contributed by atoms with Crippen LogP contribution in [0, 0.1) is 0 Å². The highest BCUT2D eigenvalue weighted by Gasteiger charge is 2.09. The maximum absolute atomic E-state index is 5.77. The first-order valence-corrected chi connectivity index (χ1v) is 5.89. The van der Waals surface area contributed by atoms with Gasteiger partial charge in [0.05, 0.1) is 14.2 Å². The van der Waals surface area contributed by atoms with E-state index in [1.54, 1.807) is 20.4 Å². The van der Waals surface area contributed by atoms with Gasteiger partial charge in [0.2, 0.25) is 0 Å². The van der Waals surface area contributed by atoms with Crippen molar-refractivity contribution in [3.8, 4) is 11.5 Å². The number of pyridine rings is 1. The number of halogens is 1. The molecule has 90 valence electrons. The fraction of sp³-hybridized carbons (Fsp3) is 0.308. The number of methoxy groups -OCH3 is 2. The molecule has 2 aromatic rings. The van der Waals surface area contributed by atoms with Gasteiger partial charge in [0.1, 0.15) is 0 Å². The summed E-state index contributed by atoms with van der Waals surface area (Å²) in [5, 5.41) is 2.14. The average molecular weight is 252 g/mol. The van der Waals surface area contributed by atoms with Crippen molar-refractivity contribution in [2.24, 2.45) is 0 Å². The van der Waals surface area contributed by atoms with Gasteiger partial charge in [-0.2, -0.15) is 0 Å². The van der Waals surface area contributed by atoms with E-state index < -0.39 is 0 Å². The zero-order valence-electron chi connectivity index (χ0n) is 9.87. The van der Waals surface area contributed by atoms with Gasteiger partial charge in [-0.15, -0.1) is 11.6 Å². The first-order valence-electron chi connectivity index (χ1n) is 5.35. The van der Waals surface area contributed by atoms with Crippen LogP contribution in [0.25, 0.3) is 10.8 Å². The molecule has 1 aromatic carbocycles. The van der Waals surface area contributed by atoms with Gasteiger partial charge in [-0.05, 0) is 23.6 Å². The molecule has 0 saturated carbocycles. The zero-order chi connectivity index (χ0) is 12.3. The summed E-state index contributed by atoms with van der Waals surface area (Å²) in [6, 6.07) is 5.85. The number of hydrogen-bond acceptors (Lipinski definition) is 3. The minimum absolute atomic E-state index is 0.556. The minimum Gasteiger partial charge on any atom is -0.493 e. The van der Waals surface area contributed by atoms with Gasteiger partial charge < -0.3 is 9.47 Å². The van der Waals surface area contributed by atoms with Crippen LogP contribution in [0.5, 0.6) is 11.5 Å². The fourth-order valence-electron chi connectivity index (χ4n) is 1.85. The summed E-state index contributed by atoms with van der Waals surface area (Å²) in [6.45, 7) is 0. The maximum atomic E-state index is 5.77. The van der Waals surface area contributed by atoms with E-state index in [9.17, 15) is 0 Å². The van der Waals surface area contributed by atoms with Crippen LogP contribution in [-0.2, 0) is 6.42 Å². The third kappa shape index (κ3) is 2.29. The number of aryl methyl sites for hydroxylation is 1. The van der Waals surface area contributed by atoms with Crippen LogP contribution in [-0.4, -0.2) is 25.1 Å². The van der Waals surface area contributed by atoms with E-state index in [0.717, 1.165) is 28.6 Å². The summed E-state index contributed by atoms with van der Waals surface area (Å²) in [5.41, 5.74) is 0.985. The molecule has 0 fully saturated rings. The molecule has 0 amide bonds. The number of benzene rings is 1. The Labute approximate surface area is 105 Å². The lowest BCUT2D eigenvalue weighted by Gasteiger charge is -2.10. The molecule has 3 nitrogen and oxygen atoms in total. The molecule has 0 atom stereocenters. The van der Waals surface area contributed by atoms with Crippen LogP contribution >= 0.6 is 11.6 Å². The summed E-state index contributed by atoms with van der Waals surface area (Å²) < 4.78 is 10.6. The summed E-state index contributed by atoms with van der Waals surface area (Å²) in [6.07, 6.45) is 2.53. The lowest BCUT2D eigenvalue weighted by Crippen LogP contribution is -1.95. The molecule has 0 aliphatic heterocycles. The molecule has 0 aliphatic carbocycles. The van der Waals surface area contributed by atoms with Crippen molar-refractivity contribution in [1.82, 2.24) is 4.98 Å². The standard InChI is InChI=1S/C13H14ClNO2/c1-16-12-7-9-4-6-15-11(3-5-14)10(9)8-13(12)17-2/h4,6-8H,3,5H2,1-2H3. The third-order valence-electron chi connectivity index (χ3n) is 2.68. The van der Waals surface area contributed by atoms with Crippen molar-refractivity contribution in [1.29, 1.82) is 0 Å². The topological polar surface area (TPSA) is 31.4 Å². The highest BCUT2D eigenvalue weighted by Crippen LogP contribution is 2.33. The second-order valence-electron chi connectivity index (χ2n) is 3.62. The Bertz CT molecular complexity index is 528. The quantitative estimate of drug-likeness (QED) is 0.783. The number of nitrogens with zero attached hydrogens (tertiary/aromatic N) is 1. The second-order valence-corrected chi connectivity index (χ2v) is 4.00. The average Bonchev–Trinajstić information content (AvgIpc) is 2.38. The molecule has 4 heteroatoms. The van der Waals surface area contributed by atoms with Crippen molar-refractivity contribution < 1.29 is 9.47 Å². The molecule has 0 radical (unpaired) electrons. The Morgan fingerprint density at radius 3 is 2.53 bits per heavy atom. The van der Waals surface area contributed by atoms with E-state index in [2.05, 4.69) is 4.98 Å². The van der Waals surface area contributed by atoms with Gasteiger partial charge in [0.15, 0.2) is 11.5 Å². The number of hydrogen-bond donors (Lipinski definition) is 0. The van der Waals surface area contributed by atoms with Crippen molar-refractivity contribution in [2.45, 2.75) is 6.42 Å². The number of aromatic nitrogens is 1. The zero-order valence-corrected chi connectivity index (χ0v) is 10.6. The predicted molar refractivity (Wildman–Crippen MR) is 69.3 cm³/mol. The maximum Gasteiger partial charge on any atom is 0.161 e. The lowest BCUT2D eigenvalue weighted by molar-refractivity contribution is 0.356. The van der Waals surface area contributed by atoms with Crippen LogP contribution in [0.3, 0.4) is 0 Å². The number of rotatable bonds is 4. The molecule has 0 saturated heterocycles. The summed E-state index contributed by atoms with van der Waals surface area (Å²) in [5.74, 6) is 1.99. The molecule has 1 aromatic heterocycles. The second kappa shape index (κ2) is 5.23. The molecule has 1 heterocycles. The van der Waals surface area contributed by atoms with Crippen molar-refractivity contribution in [2.75, 3.05) is 20.1 Å². The monoisotopic (exact) mass is 251 g/mol. The van der Waals surface area contributed by atoms with Crippen LogP contribution in [0.4, 0.5) is 0 Å². The van der Waals surface area contributed by atoms with Crippen LogP contribution in [0.2, 0.25) is 0 Å². The molecule has 0 aliphatic rings. The summed E-state index contributed by atoms with van der Waals surface area (Å²) in [4.78, 5) is 4.35. The number of fused-ring (bicyclic) bond motifs is 1. The molecule has 0 bridgehead atoms. The van der Waals surface area contributed by atoms with Gasteiger partial charge in [-0.1, -0.05) is 0 Å². The van der Waals surface area contributed by atoms with Crippen molar-refractivity contribution in [3.05, 3.63) is 30.1 Å². The molecular weight excluding hydrogens is 238 g/mol. The Kier molecular flexibility index (Phi) is 3.69. The normalized spacial score (nSPS) is 10.5. The highest BCUT2D eigenvalue weighted by atomic mass is 35.5. The van der Waals surface area contributed by atoms with Crippen LogP contribution < -0.4 is 9.47 Å². The van der Waals surface area contributed by atoms with Crippen LogP contribution in [0.15, 0.2) is 24.4 Å². The highest BCUT2D eigenvalue weighted by molar-refractivity contribution is 6.18. The van der Waals surface area contributed by atoms with Gasteiger partial charge in [0, 0.05) is 29.6 Å². The Morgan fingerprint density at radius 2 is 1.88 bits per heavy atom. The van der Waals surface area contributed by atoms with E-state index >= 15 is 0 Å². The predicted octanol–water partition coefficient (Wildman–Crippen LogP) is 3.03. The first kappa shape index (κ1) is 12.0. The molecule has 0 N–H and O–H groups in total. The largest absolute Gasteiger partial charge is 0.493 e. The van der Waals surface area contributed by atoms with E-state index in [1.165, 1.54) is 0 Å². The molecule has 0 spiro atoms. The minimum atomic E-state index is 0.556. The van der Waals surface area contributed by atoms with Gasteiger partial charge in [0.25, 0.3) is 0 Å². The molecular formula is C13H14ClNO2. The van der Waals surface area contributed by atoms with E-state index in [4.69, 9.17) is 21.1 Å². The Balaban J connectivity index is 2.64.